The smallest absolute Gasteiger partial charge is 0.135 e. The lowest BCUT2D eigenvalue weighted by atomic mass is 10.2. The van der Waals surface area contributed by atoms with Crippen LogP contribution in [0.3, 0.4) is 0 Å². The monoisotopic (exact) mass is 318 g/mol. The molecule has 0 atom stereocenters. The van der Waals surface area contributed by atoms with E-state index in [1.54, 1.807) is 6.33 Å². The van der Waals surface area contributed by atoms with Crippen molar-refractivity contribution in [2.45, 2.75) is 25.8 Å². The third-order valence-electron chi connectivity index (χ3n) is 3.05. The number of halogens is 1. The molecule has 19 heavy (non-hydrogen) atoms. The van der Waals surface area contributed by atoms with Gasteiger partial charge in [0.1, 0.15) is 18.0 Å². The Kier molecular flexibility index (Phi) is 3.38. The van der Waals surface area contributed by atoms with Gasteiger partial charge in [0.05, 0.1) is 0 Å². The quantitative estimate of drug-likeness (QED) is 0.898. The van der Waals surface area contributed by atoms with Crippen LogP contribution in [0.2, 0.25) is 0 Å². The van der Waals surface area contributed by atoms with Gasteiger partial charge in [0, 0.05) is 22.3 Å². The number of rotatable bonds is 4. The summed E-state index contributed by atoms with van der Waals surface area (Å²) in [6.07, 6.45) is 4.05. The zero-order chi connectivity index (χ0) is 13.2. The third-order valence-corrected chi connectivity index (χ3v) is 3.54. The van der Waals surface area contributed by atoms with E-state index in [0.717, 1.165) is 21.8 Å². The molecule has 0 saturated heterocycles. The Morgan fingerprint density at radius 2 is 1.95 bits per heavy atom. The van der Waals surface area contributed by atoms with Gasteiger partial charge in [0.15, 0.2) is 0 Å². The molecule has 0 radical (unpaired) electrons. The first-order valence-electron chi connectivity index (χ1n) is 6.32. The lowest BCUT2D eigenvalue weighted by Gasteiger charge is -2.10. The molecule has 3 rings (SSSR count). The number of nitrogens with zero attached hydrogens (tertiary/aromatic N) is 2. The summed E-state index contributed by atoms with van der Waals surface area (Å²) in [5.41, 5.74) is 2.23. The van der Waals surface area contributed by atoms with Gasteiger partial charge in [0.25, 0.3) is 0 Å². The average molecular weight is 319 g/mol. The fourth-order valence-corrected chi connectivity index (χ4v) is 2.32. The van der Waals surface area contributed by atoms with Crippen LogP contribution in [0.4, 0.5) is 17.3 Å². The topological polar surface area (TPSA) is 49.8 Å². The molecule has 4 nitrogen and oxygen atoms in total. The van der Waals surface area contributed by atoms with Crippen LogP contribution in [0.1, 0.15) is 18.4 Å². The number of aryl methyl sites for hydroxylation is 1. The molecule has 0 bridgehead atoms. The molecule has 1 aromatic carbocycles. The van der Waals surface area contributed by atoms with Crippen LogP contribution >= 0.6 is 15.9 Å². The summed E-state index contributed by atoms with van der Waals surface area (Å²) in [7, 11) is 0. The van der Waals surface area contributed by atoms with Crippen LogP contribution in [0.15, 0.2) is 35.1 Å². The van der Waals surface area contributed by atoms with E-state index in [2.05, 4.69) is 49.5 Å². The van der Waals surface area contributed by atoms with Crippen molar-refractivity contribution in [3.05, 3.63) is 40.6 Å². The number of aromatic nitrogens is 2. The average Bonchev–Trinajstić information content (AvgIpc) is 3.17. The van der Waals surface area contributed by atoms with Crippen molar-refractivity contribution in [2.75, 3.05) is 10.6 Å². The standard InChI is InChI=1S/C14H15BrN4/c1-9-6-10(15)2-5-12(9)19-14-7-13(16-8-17-14)18-11-3-4-11/h2,5-8,11H,3-4H2,1H3,(H2,16,17,18,19). The molecule has 1 heterocycles. The maximum Gasteiger partial charge on any atom is 0.135 e. The van der Waals surface area contributed by atoms with Gasteiger partial charge in [-0.3, -0.25) is 0 Å². The van der Waals surface area contributed by atoms with Crippen LogP contribution in [0.5, 0.6) is 0 Å². The highest BCUT2D eigenvalue weighted by Crippen LogP contribution is 2.26. The van der Waals surface area contributed by atoms with Crippen molar-refractivity contribution in [3.8, 4) is 0 Å². The molecular weight excluding hydrogens is 304 g/mol. The van der Waals surface area contributed by atoms with E-state index >= 15 is 0 Å². The molecule has 0 unspecified atom stereocenters. The van der Waals surface area contributed by atoms with Gasteiger partial charge in [-0.2, -0.15) is 0 Å². The summed E-state index contributed by atoms with van der Waals surface area (Å²) in [4.78, 5) is 8.48. The SMILES string of the molecule is Cc1cc(Br)ccc1Nc1cc(NC2CC2)ncn1. The van der Waals surface area contributed by atoms with Gasteiger partial charge in [-0.05, 0) is 43.5 Å². The summed E-state index contributed by atoms with van der Waals surface area (Å²) < 4.78 is 1.08. The molecule has 1 aliphatic carbocycles. The fraction of sp³-hybridized carbons (Fsp3) is 0.286. The van der Waals surface area contributed by atoms with Gasteiger partial charge in [-0.25, -0.2) is 9.97 Å². The molecule has 1 fully saturated rings. The normalized spacial score (nSPS) is 14.2. The molecule has 0 spiro atoms. The third kappa shape index (κ3) is 3.23. The predicted octanol–water partition coefficient (Wildman–Crippen LogP) is 3.87. The zero-order valence-corrected chi connectivity index (χ0v) is 12.2. The second kappa shape index (κ2) is 5.17. The zero-order valence-electron chi connectivity index (χ0n) is 10.7. The van der Waals surface area contributed by atoms with Crippen molar-refractivity contribution in [3.63, 3.8) is 0 Å². The molecule has 1 aromatic heterocycles. The Balaban J connectivity index is 1.78. The maximum absolute atomic E-state index is 4.25. The molecule has 0 aliphatic heterocycles. The van der Waals surface area contributed by atoms with E-state index in [4.69, 9.17) is 0 Å². The first kappa shape index (κ1) is 12.4. The highest BCUT2D eigenvalue weighted by molar-refractivity contribution is 9.10. The number of benzene rings is 1. The van der Waals surface area contributed by atoms with E-state index in [9.17, 15) is 0 Å². The van der Waals surface area contributed by atoms with Gasteiger partial charge in [0.2, 0.25) is 0 Å². The van der Waals surface area contributed by atoms with E-state index in [1.165, 1.54) is 18.4 Å². The first-order valence-corrected chi connectivity index (χ1v) is 7.12. The number of anilines is 3. The van der Waals surface area contributed by atoms with Crippen LogP contribution in [0, 0.1) is 6.92 Å². The fourth-order valence-electron chi connectivity index (χ4n) is 1.85. The summed E-state index contributed by atoms with van der Waals surface area (Å²) in [6, 6.07) is 8.67. The maximum atomic E-state index is 4.25. The highest BCUT2D eigenvalue weighted by atomic mass is 79.9. The Labute approximate surface area is 120 Å². The lowest BCUT2D eigenvalue weighted by molar-refractivity contribution is 1.08. The molecule has 5 heteroatoms. The van der Waals surface area contributed by atoms with E-state index in [-0.39, 0.29) is 0 Å². The number of nitrogens with one attached hydrogen (secondary N) is 2. The minimum atomic E-state index is 0.595. The molecular formula is C14H15BrN4. The molecule has 1 aliphatic rings. The Morgan fingerprint density at radius 3 is 2.68 bits per heavy atom. The minimum absolute atomic E-state index is 0.595. The van der Waals surface area contributed by atoms with Crippen molar-refractivity contribution in [1.82, 2.24) is 9.97 Å². The van der Waals surface area contributed by atoms with E-state index < -0.39 is 0 Å². The van der Waals surface area contributed by atoms with E-state index in [1.807, 2.05) is 18.2 Å². The molecule has 98 valence electrons. The molecule has 1 saturated carbocycles. The lowest BCUT2D eigenvalue weighted by Crippen LogP contribution is -2.04. The van der Waals surface area contributed by atoms with Gasteiger partial charge >= 0.3 is 0 Å². The second-order valence-electron chi connectivity index (χ2n) is 4.79. The largest absolute Gasteiger partial charge is 0.367 e. The Hall–Kier alpha value is -1.62. The predicted molar refractivity (Wildman–Crippen MR) is 80.8 cm³/mol. The van der Waals surface area contributed by atoms with Crippen LogP contribution in [-0.2, 0) is 0 Å². The van der Waals surface area contributed by atoms with Crippen molar-refractivity contribution < 1.29 is 0 Å². The first-order chi connectivity index (χ1) is 9.20. The van der Waals surface area contributed by atoms with Crippen LogP contribution in [-0.4, -0.2) is 16.0 Å². The van der Waals surface area contributed by atoms with Crippen molar-refractivity contribution in [1.29, 1.82) is 0 Å². The number of hydrogen-bond donors (Lipinski definition) is 2. The van der Waals surface area contributed by atoms with E-state index in [0.29, 0.717) is 6.04 Å². The molecule has 2 N–H and O–H groups in total. The summed E-state index contributed by atoms with van der Waals surface area (Å²) in [5.74, 6) is 1.69. The molecule has 2 aromatic rings. The molecule has 0 amide bonds. The highest BCUT2D eigenvalue weighted by Gasteiger charge is 2.21. The second-order valence-corrected chi connectivity index (χ2v) is 5.71. The van der Waals surface area contributed by atoms with Crippen molar-refractivity contribution in [2.24, 2.45) is 0 Å². The van der Waals surface area contributed by atoms with Gasteiger partial charge in [-0.15, -0.1) is 0 Å². The summed E-state index contributed by atoms with van der Waals surface area (Å²) in [5, 5.41) is 6.69. The van der Waals surface area contributed by atoms with Crippen molar-refractivity contribution >= 4 is 33.3 Å². The van der Waals surface area contributed by atoms with Gasteiger partial charge in [-0.1, -0.05) is 15.9 Å². The van der Waals surface area contributed by atoms with Crippen LogP contribution < -0.4 is 10.6 Å². The Morgan fingerprint density at radius 1 is 1.16 bits per heavy atom. The summed E-state index contributed by atoms with van der Waals surface area (Å²) in [6.45, 7) is 2.07. The van der Waals surface area contributed by atoms with Gasteiger partial charge < -0.3 is 10.6 Å². The van der Waals surface area contributed by atoms with Crippen LogP contribution in [0.25, 0.3) is 0 Å². The summed E-state index contributed by atoms with van der Waals surface area (Å²) >= 11 is 3.46. The minimum Gasteiger partial charge on any atom is -0.367 e. The number of hydrogen-bond acceptors (Lipinski definition) is 4. The Bertz CT molecular complexity index is 596.